The number of hydrogen-bond donors (Lipinski definition) is 0. The van der Waals surface area contributed by atoms with E-state index in [1.165, 1.54) is 6.07 Å². The van der Waals surface area contributed by atoms with Crippen LogP contribution in [0.1, 0.15) is 72.4 Å². The molecule has 1 saturated heterocycles. The molecule has 2 aromatic carbocycles. The Labute approximate surface area is 300 Å². The van der Waals surface area contributed by atoms with Gasteiger partial charge in [0.25, 0.3) is 0 Å². The first-order valence-corrected chi connectivity index (χ1v) is 15.5. The number of nitrogens with zero attached hydrogens (tertiary/aromatic N) is 4. The third kappa shape index (κ3) is 10.2. The number of anilines is 1. The molecule has 0 spiro atoms. The molecule has 4 aromatic rings. The summed E-state index contributed by atoms with van der Waals surface area (Å²) in [4.78, 5) is 20.9. The Balaban J connectivity index is 0.00000188. The molecule has 0 amide bonds. The molecule has 3 heterocycles. The Morgan fingerprint density at radius 2 is 1.89 bits per heavy atom. The maximum atomic E-state index is 14.1. The van der Waals surface area contributed by atoms with Crippen molar-refractivity contribution in [3.63, 3.8) is 0 Å². The van der Waals surface area contributed by atoms with Crippen LogP contribution in [0.5, 0.6) is 5.88 Å². The van der Waals surface area contributed by atoms with E-state index >= 15 is 0 Å². The van der Waals surface area contributed by atoms with Crippen LogP contribution in [0.25, 0.3) is 0 Å². The third-order valence-corrected chi connectivity index (χ3v) is 8.25. The number of hydrogen-bond acceptors (Lipinski definition) is 7. The summed E-state index contributed by atoms with van der Waals surface area (Å²) >= 11 is 5.86. The van der Waals surface area contributed by atoms with Crippen molar-refractivity contribution in [2.45, 2.75) is 58.6 Å². The van der Waals surface area contributed by atoms with Crippen LogP contribution < -0.4 is 9.64 Å². The van der Waals surface area contributed by atoms with Gasteiger partial charge in [0.2, 0.25) is 5.88 Å². The number of terminal acetylenes is 1. The zero-order chi connectivity index (χ0) is 32.3. The van der Waals surface area contributed by atoms with Crippen molar-refractivity contribution in [1.29, 1.82) is 0 Å². The van der Waals surface area contributed by atoms with Gasteiger partial charge in [-0.15, -0.1) is 30.5 Å². The van der Waals surface area contributed by atoms with Crippen molar-refractivity contribution in [1.82, 2.24) is 15.0 Å². The fraction of sp³-hybridized carbons (Fsp3) is 0.361. The Morgan fingerprint density at radius 3 is 2.57 bits per heavy atom. The van der Waals surface area contributed by atoms with Crippen LogP contribution in [0.3, 0.4) is 0 Å². The van der Waals surface area contributed by atoms with E-state index in [0.29, 0.717) is 34.5 Å². The number of likely N-dealkylation sites (tertiary alicyclic amines) is 1. The molecule has 46 heavy (non-hydrogen) atoms. The van der Waals surface area contributed by atoms with Gasteiger partial charge in [-0.05, 0) is 62.7 Å². The van der Waals surface area contributed by atoms with Gasteiger partial charge in [0.05, 0.1) is 18.5 Å². The van der Waals surface area contributed by atoms with Crippen molar-refractivity contribution in [3.8, 4) is 18.7 Å². The number of benzene rings is 2. The fourth-order valence-electron chi connectivity index (χ4n) is 5.41. The molecule has 0 N–H and O–H groups in total. The molecule has 0 atom stereocenters. The van der Waals surface area contributed by atoms with Gasteiger partial charge >= 0.3 is 0 Å². The van der Waals surface area contributed by atoms with Crippen LogP contribution in [0.2, 0.25) is 5.02 Å². The molecule has 10 heteroatoms. The van der Waals surface area contributed by atoms with Crippen LogP contribution in [0, 0.1) is 56.7 Å². The fourth-order valence-corrected chi connectivity index (χ4v) is 5.56. The summed E-state index contributed by atoms with van der Waals surface area (Å²) in [6, 6.07) is 18.0. The maximum absolute atomic E-state index is 14.1. The Morgan fingerprint density at radius 1 is 1.13 bits per heavy atom. The molecule has 1 fully saturated rings. The van der Waals surface area contributed by atoms with E-state index in [2.05, 4.69) is 48.6 Å². The molecule has 0 aliphatic carbocycles. The number of ether oxygens (including phenoxy) is 1. The van der Waals surface area contributed by atoms with Gasteiger partial charge in [0.15, 0.2) is 5.76 Å². The Bertz CT molecular complexity index is 1590. The second-order valence-electron chi connectivity index (χ2n) is 11.4. The van der Waals surface area contributed by atoms with Gasteiger partial charge in [-0.2, -0.15) is 6.07 Å². The smallest absolute Gasteiger partial charge is 0.213 e. The first-order valence-electron chi connectivity index (χ1n) is 15.1. The summed E-state index contributed by atoms with van der Waals surface area (Å²) < 4.78 is 25.6. The second kappa shape index (κ2) is 18.3. The van der Waals surface area contributed by atoms with Gasteiger partial charge in [-0.25, -0.2) is 9.37 Å². The van der Waals surface area contributed by atoms with E-state index < -0.39 is 0 Å². The average molecular weight is 868 g/mol. The molecule has 0 radical (unpaired) electrons. The third-order valence-electron chi connectivity index (χ3n) is 8.01. The van der Waals surface area contributed by atoms with Crippen molar-refractivity contribution >= 4 is 23.6 Å². The summed E-state index contributed by atoms with van der Waals surface area (Å²) in [6.45, 7) is 10.4. The largest absolute Gasteiger partial charge is 0.473 e. The van der Waals surface area contributed by atoms with E-state index in [9.17, 15) is 9.18 Å². The number of aromatic nitrogens is 2. The van der Waals surface area contributed by atoms with Crippen molar-refractivity contribution < 1.29 is 49.6 Å². The number of aryl methyl sites for hydroxylation is 1. The van der Waals surface area contributed by atoms with E-state index in [1.807, 2.05) is 36.6 Å². The minimum Gasteiger partial charge on any atom is -0.473 e. The molecule has 2 aromatic heterocycles. The summed E-state index contributed by atoms with van der Waals surface area (Å²) in [5.74, 6) is 1.52. The first kappa shape index (κ1) is 37.3. The van der Waals surface area contributed by atoms with Gasteiger partial charge in [-0.3, -0.25) is 0 Å². The average Bonchev–Trinajstić information content (AvgIpc) is 3.53. The standard InChI is InChI=1S/C34H37ClFN4O3.C2H2.U/c1-23(2)32-19-29(43-38-32)20-40(33-17-25(21-41)8-7-24(33)3)16-15-39-13-11-26(12-14-39)31-5-4-6-34(37-31)42-22-27-9-10-28(35)18-30(27)36;1-2;/h4-10,17-19,23,26H,11-16,20,22H2,1-3H3;1-2H;/q-1;;. The number of carbonyl (C=O) groups excluding carboxylic acids is 1. The molecule has 240 valence electrons. The van der Waals surface area contributed by atoms with Crippen LogP contribution in [-0.2, 0) is 17.9 Å². The summed E-state index contributed by atoms with van der Waals surface area (Å²) in [7, 11) is 0. The van der Waals surface area contributed by atoms with E-state index in [0.717, 1.165) is 67.4 Å². The summed E-state index contributed by atoms with van der Waals surface area (Å²) in [5.41, 5.74) is 4.99. The van der Waals surface area contributed by atoms with Crippen molar-refractivity contribution in [3.05, 3.63) is 105 Å². The van der Waals surface area contributed by atoms with Crippen molar-refractivity contribution in [2.24, 2.45) is 0 Å². The van der Waals surface area contributed by atoms with Crippen LogP contribution in [0.15, 0.2) is 65.2 Å². The zero-order valence-corrected chi connectivity index (χ0v) is 31.4. The number of rotatable bonds is 12. The second-order valence-corrected chi connectivity index (χ2v) is 11.9. The first-order chi connectivity index (χ1) is 21.8. The van der Waals surface area contributed by atoms with Crippen LogP contribution in [-0.4, -0.2) is 47.5 Å². The predicted octanol–water partition coefficient (Wildman–Crippen LogP) is 7.47. The van der Waals surface area contributed by atoms with Gasteiger partial charge in [-0.1, -0.05) is 48.3 Å². The molecule has 7 nitrogen and oxygen atoms in total. The van der Waals surface area contributed by atoms with Crippen molar-refractivity contribution in [2.75, 3.05) is 31.1 Å². The summed E-state index contributed by atoms with van der Waals surface area (Å²) in [5, 5.41) is 4.59. The van der Waals surface area contributed by atoms with Gasteiger partial charge in [0.1, 0.15) is 12.4 Å². The van der Waals surface area contributed by atoms with E-state index in [-0.39, 0.29) is 49.5 Å². The Kier molecular flexibility index (Phi) is 14.8. The monoisotopic (exact) mass is 867 g/mol. The summed E-state index contributed by atoms with van der Waals surface area (Å²) in [6.07, 6.45) is 12.0. The molecular weight excluding hydrogens is 829 g/mol. The van der Waals surface area contributed by atoms with Crippen LogP contribution >= 0.6 is 11.6 Å². The predicted molar refractivity (Wildman–Crippen MR) is 176 cm³/mol. The molecule has 1 aliphatic rings. The zero-order valence-electron chi connectivity index (χ0n) is 26.5. The minimum atomic E-state index is -0.388. The molecule has 0 saturated carbocycles. The molecule has 0 unspecified atom stereocenters. The van der Waals surface area contributed by atoms with E-state index in [4.69, 9.17) is 25.8 Å². The molecular formula is C36H39ClFN4O3U-. The van der Waals surface area contributed by atoms with E-state index in [1.54, 1.807) is 24.3 Å². The quantitative estimate of drug-likeness (QED) is 0.108. The molecule has 1 aliphatic heterocycles. The normalized spacial score (nSPS) is 13.4. The van der Waals surface area contributed by atoms with Crippen LogP contribution in [0.4, 0.5) is 10.1 Å². The molecule has 5 rings (SSSR count). The topological polar surface area (TPSA) is 71.7 Å². The minimum absolute atomic E-state index is 0. The SMILES string of the molecule is C#C.Cc1ccc([C-]=O)cc1N(CCN1CCC(c2cccc(OCc3ccc(Cl)cc3F)n2)CC1)Cc1cc(C(C)C)no1.[U]. The number of halogens is 2. The number of piperidine rings is 1. The van der Waals surface area contributed by atoms with Gasteiger partial charge < -0.3 is 23.9 Å². The number of pyridine rings is 1. The maximum Gasteiger partial charge on any atom is 0.213 e. The molecule has 0 bridgehead atoms. The Hall–Kier alpha value is -3.14. The van der Waals surface area contributed by atoms with Gasteiger partial charge in [0, 0.05) is 78.5 Å².